The van der Waals surface area contributed by atoms with Crippen molar-refractivity contribution in [2.24, 2.45) is 0 Å². The maximum atomic E-state index is 12.1. The minimum absolute atomic E-state index is 0.0523. The molecule has 0 aromatic heterocycles. The molecule has 0 saturated carbocycles. The van der Waals surface area contributed by atoms with Gasteiger partial charge in [-0.3, -0.25) is 4.90 Å². The third-order valence-electron chi connectivity index (χ3n) is 2.35. The number of nitrogens with zero attached hydrogens (tertiary/aromatic N) is 2. The summed E-state index contributed by atoms with van der Waals surface area (Å²) < 4.78 is 5.22. The average molecular weight is 302 g/mol. The molecule has 0 unspecified atom stereocenters. The first kappa shape index (κ1) is 18.6. The summed E-state index contributed by atoms with van der Waals surface area (Å²) in [6.07, 6.45) is 1.57. The molecular weight excluding hydrogens is 280 g/mol. The lowest BCUT2D eigenvalue weighted by atomic mass is 10.2. The Morgan fingerprint density at radius 3 is 2.45 bits per heavy atom. The molecule has 0 saturated heterocycles. The summed E-state index contributed by atoms with van der Waals surface area (Å²) >= 11 is 1.51. The van der Waals surface area contributed by atoms with Crippen molar-refractivity contribution in [1.29, 1.82) is 5.26 Å². The van der Waals surface area contributed by atoms with Crippen LogP contribution in [0.3, 0.4) is 0 Å². The van der Waals surface area contributed by atoms with Crippen molar-refractivity contribution in [2.45, 2.75) is 45.3 Å². The minimum Gasteiger partial charge on any atom is -0.480 e. The van der Waals surface area contributed by atoms with Crippen molar-refractivity contribution >= 4 is 23.8 Å². The van der Waals surface area contributed by atoms with E-state index in [2.05, 4.69) is 0 Å². The zero-order valence-corrected chi connectivity index (χ0v) is 13.2. The molecule has 0 spiro atoms. The number of carbonyl (C=O) groups excluding carboxylic acids is 1. The normalized spacial score (nSPS) is 12.3. The van der Waals surface area contributed by atoms with Gasteiger partial charge >= 0.3 is 12.1 Å². The van der Waals surface area contributed by atoms with Crippen LogP contribution in [0.2, 0.25) is 0 Å². The van der Waals surface area contributed by atoms with Crippen molar-refractivity contribution in [3.8, 4) is 6.07 Å². The summed E-state index contributed by atoms with van der Waals surface area (Å²) in [5, 5.41) is 17.9. The Kier molecular flexibility index (Phi) is 8.07. The maximum absolute atomic E-state index is 12.1. The second-order valence-electron chi connectivity index (χ2n) is 5.22. The van der Waals surface area contributed by atoms with Gasteiger partial charge in [-0.15, -0.1) is 0 Å². The van der Waals surface area contributed by atoms with Gasteiger partial charge in [0.15, 0.2) is 0 Å². The van der Waals surface area contributed by atoms with Crippen LogP contribution >= 0.6 is 11.8 Å². The number of thioether (sulfide) groups is 1. The lowest BCUT2D eigenvalue weighted by Crippen LogP contribution is -2.48. The van der Waals surface area contributed by atoms with Crippen LogP contribution in [-0.2, 0) is 9.53 Å². The van der Waals surface area contributed by atoms with E-state index >= 15 is 0 Å². The largest absolute Gasteiger partial charge is 0.480 e. The molecule has 0 bridgehead atoms. The maximum Gasteiger partial charge on any atom is 0.411 e. The van der Waals surface area contributed by atoms with E-state index in [4.69, 9.17) is 10.00 Å². The monoisotopic (exact) mass is 302 g/mol. The number of carboxylic acid groups (broad SMARTS) is 1. The second-order valence-corrected chi connectivity index (χ2v) is 6.20. The fourth-order valence-electron chi connectivity index (χ4n) is 1.51. The van der Waals surface area contributed by atoms with Gasteiger partial charge in [-0.1, -0.05) is 0 Å². The van der Waals surface area contributed by atoms with Crippen molar-refractivity contribution in [1.82, 2.24) is 4.90 Å². The Morgan fingerprint density at radius 1 is 1.45 bits per heavy atom. The highest BCUT2D eigenvalue weighted by molar-refractivity contribution is 7.98. The average Bonchev–Trinajstić information content (AvgIpc) is 2.30. The SMILES string of the molecule is CSCC[C@@H](C(=O)O)N(CCC#N)C(=O)OC(C)(C)C. The third kappa shape index (κ3) is 7.24. The van der Waals surface area contributed by atoms with Gasteiger partial charge in [0.1, 0.15) is 11.6 Å². The molecule has 6 nitrogen and oxygen atoms in total. The number of carboxylic acids is 1. The Bertz CT molecular complexity index is 374. The van der Waals surface area contributed by atoms with Crippen LogP contribution in [0.1, 0.15) is 33.6 Å². The fourth-order valence-corrected chi connectivity index (χ4v) is 1.97. The molecule has 0 heterocycles. The van der Waals surface area contributed by atoms with E-state index in [0.717, 1.165) is 4.90 Å². The van der Waals surface area contributed by atoms with E-state index in [9.17, 15) is 14.7 Å². The Labute approximate surface area is 124 Å². The van der Waals surface area contributed by atoms with Gasteiger partial charge in [-0.25, -0.2) is 9.59 Å². The van der Waals surface area contributed by atoms with E-state index in [1.165, 1.54) is 11.8 Å². The van der Waals surface area contributed by atoms with Crippen LogP contribution in [-0.4, -0.2) is 52.3 Å². The number of aliphatic carboxylic acids is 1. The molecular formula is C13H22N2O4S. The smallest absolute Gasteiger partial charge is 0.411 e. The van der Waals surface area contributed by atoms with E-state index in [-0.39, 0.29) is 13.0 Å². The van der Waals surface area contributed by atoms with Gasteiger partial charge in [0.25, 0.3) is 0 Å². The molecule has 0 radical (unpaired) electrons. The standard InChI is InChI=1S/C13H22N2O4S/c1-13(2,3)19-12(18)15(8-5-7-14)10(11(16)17)6-9-20-4/h10H,5-6,8-9H2,1-4H3,(H,16,17)/t10-/m0/s1. The lowest BCUT2D eigenvalue weighted by Gasteiger charge is -2.30. The summed E-state index contributed by atoms with van der Waals surface area (Å²) in [6, 6.07) is 0.951. The van der Waals surface area contributed by atoms with Crippen molar-refractivity contribution in [3.05, 3.63) is 0 Å². The van der Waals surface area contributed by atoms with Crippen molar-refractivity contribution in [3.63, 3.8) is 0 Å². The molecule has 0 aliphatic rings. The molecule has 1 N–H and O–H groups in total. The number of ether oxygens (including phenoxy) is 1. The molecule has 0 aromatic rings. The van der Waals surface area contributed by atoms with Gasteiger partial charge in [0.05, 0.1) is 12.5 Å². The molecule has 114 valence electrons. The first-order valence-corrected chi connectivity index (χ1v) is 7.70. The quantitative estimate of drug-likeness (QED) is 0.776. The molecule has 1 atom stereocenters. The zero-order valence-electron chi connectivity index (χ0n) is 12.4. The molecule has 0 aromatic carbocycles. The lowest BCUT2D eigenvalue weighted by molar-refractivity contribution is -0.143. The third-order valence-corrected chi connectivity index (χ3v) is 2.99. The summed E-state index contributed by atoms with van der Waals surface area (Å²) in [5.41, 5.74) is -0.704. The summed E-state index contributed by atoms with van der Waals surface area (Å²) in [4.78, 5) is 24.6. The molecule has 0 fully saturated rings. The van der Waals surface area contributed by atoms with Crippen LogP contribution in [0.25, 0.3) is 0 Å². The van der Waals surface area contributed by atoms with Gasteiger partial charge in [0.2, 0.25) is 0 Å². The Hall–Kier alpha value is -1.42. The van der Waals surface area contributed by atoms with Crippen LogP contribution < -0.4 is 0 Å². The summed E-state index contributed by atoms with van der Waals surface area (Å²) in [7, 11) is 0. The first-order valence-electron chi connectivity index (χ1n) is 6.31. The van der Waals surface area contributed by atoms with Gasteiger partial charge in [-0.2, -0.15) is 17.0 Å². The molecule has 0 aliphatic heterocycles. The van der Waals surface area contributed by atoms with E-state index in [1.54, 1.807) is 20.8 Å². The minimum atomic E-state index is -1.08. The molecule has 1 amide bonds. The van der Waals surface area contributed by atoms with Crippen LogP contribution in [0.4, 0.5) is 4.79 Å². The van der Waals surface area contributed by atoms with Crippen LogP contribution in [0, 0.1) is 11.3 Å². The summed E-state index contributed by atoms with van der Waals surface area (Å²) in [6.45, 7) is 5.19. The molecule has 0 aliphatic carbocycles. The van der Waals surface area contributed by atoms with E-state index in [1.807, 2.05) is 12.3 Å². The molecule has 7 heteroatoms. The second kappa shape index (κ2) is 8.69. The Morgan fingerprint density at radius 2 is 2.05 bits per heavy atom. The van der Waals surface area contributed by atoms with Crippen molar-refractivity contribution < 1.29 is 19.4 Å². The number of rotatable bonds is 7. The highest BCUT2D eigenvalue weighted by Crippen LogP contribution is 2.15. The highest BCUT2D eigenvalue weighted by Gasteiger charge is 2.32. The topological polar surface area (TPSA) is 90.6 Å². The number of nitriles is 1. The van der Waals surface area contributed by atoms with Gasteiger partial charge in [-0.05, 0) is 39.2 Å². The first-order chi connectivity index (χ1) is 9.22. The van der Waals surface area contributed by atoms with Gasteiger partial charge in [0, 0.05) is 6.54 Å². The number of amides is 1. The van der Waals surface area contributed by atoms with Crippen molar-refractivity contribution in [2.75, 3.05) is 18.6 Å². The fraction of sp³-hybridized carbons (Fsp3) is 0.769. The zero-order chi connectivity index (χ0) is 15.8. The molecule has 0 rings (SSSR count). The highest BCUT2D eigenvalue weighted by atomic mass is 32.2. The molecule has 20 heavy (non-hydrogen) atoms. The number of carbonyl (C=O) groups is 2. The number of hydrogen-bond donors (Lipinski definition) is 1. The van der Waals surface area contributed by atoms with Crippen LogP contribution in [0.5, 0.6) is 0 Å². The Balaban J connectivity index is 5.02. The van der Waals surface area contributed by atoms with Crippen LogP contribution in [0.15, 0.2) is 0 Å². The predicted molar refractivity (Wildman–Crippen MR) is 77.6 cm³/mol. The van der Waals surface area contributed by atoms with E-state index in [0.29, 0.717) is 12.2 Å². The number of hydrogen-bond acceptors (Lipinski definition) is 5. The van der Waals surface area contributed by atoms with Gasteiger partial charge < -0.3 is 9.84 Å². The summed E-state index contributed by atoms with van der Waals surface area (Å²) in [5.74, 6) is -0.467. The van der Waals surface area contributed by atoms with E-state index < -0.39 is 23.7 Å². The predicted octanol–water partition coefficient (Wildman–Crippen LogP) is 2.34.